The molecule has 0 heterocycles. The molecule has 0 spiro atoms. The fourth-order valence-corrected chi connectivity index (χ4v) is 2.51. The lowest BCUT2D eigenvalue weighted by molar-refractivity contribution is -0.124. The van der Waals surface area contributed by atoms with Crippen molar-refractivity contribution in [1.29, 1.82) is 0 Å². The average molecular weight is 392 g/mol. The van der Waals surface area contributed by atoms with Gasteiger partial charge in [-0.05, 0) is 42.3 Å². The Labute approximate surface area is 149 Å². The van der Waals surface area contributed by atoms with E-state index >= 15 is 0 Å². The van der Waals surface area contributed by atoms with Crippen LogP contribution in [0.15, 0.2) is 46.9 Å². The number of amides is 1. The van der Waals surface area contributed by atoms with Crippen molar-refractivity contribution in [3.63, 3.8) is 0 Å². The number of carbonyl (C=O) groups is 2. The molecule has 0 aromatic heterocycles. The first kappa shape index (κ1) is 18.0. The third kappa shape index (κ3) is 4.83. The number of ether oxygens (including phenoxy) is 2. The highest BCUT2D eigenvalue weighted by Crippen LogP contribution is 2.18. The SMILES string of the molecule is COc1ccc(C(=O)OCC(=O)NCc2ccccc2Br)c(C)c1. The third-order valence-electron chi connectivity index (χ3n) is 3.42. The summed E-state index contributed by atoms with van der Waals surface area (Å²) in [6.45, 7) is 1.82. The number of hydrogen-bond donors (Lipinski definition) is 1. The van der Waals surface area contributed by atoms with Crippen molar-refractivity contribution in [1.82, 2.24) is 5.32 Å². The van der Waals surface area contributed by atoms with Gasteiger partial charge in [0.1, 0.15) is 5.75 Å². The van der Waals surface area contributed by atoms with Crippen molar-refractivity contribution in [2.75, 3.05) is 13.7 Å². The monoisotopic (exact) mass is 391 g/mol. The molecule has 0 aliphatic rings. The second kappa shape index (κ2) is 8.49. The van der Waals surface area contributed by atoms with E-state index in [1.54, 1.807) is 32.2 Å². The van der Waals surface area contributed by atoms with Gasteiger partial charge in [0.25, 0.3) is 5.91 Å². The second-order valence-corrected chi connectivity index (χ2v) is 5.98. The third-order valence-corrected chi connectivity index (χ3v) is 4.20. The van der Waals surface area contributed by atoms with E-state index in [2.05, 4.69) is 21.2 Å². The Morgan fingerprint density at radius 1 is 1.17 bits per heavy atom. The summed E-state index contributed by atoms with van der Waals surface area (Å²) in [6.07, 6.45) is 0. The Balaban J connectivity index is 1.85. The molecular formula is C18H18BrNO4. The molecule has 126 valence electrons. The molecule has 0 aliphatic heterocycles. The lowest BCUT2D eigenvalue weighted by atomic mass is 10.1. The average Bonchev–Trinajstić information content (AvgIpc) is 2.58. The molecule has 2 aromatic carbocycles. The predicted molar refractivity (Wildman–Crippen MR) is 94.0 cm³/mol. The van der Waals surface area contributed by atoms with E-state index in [0.717, 1.165) is 15.6 Å². The summed E-state index contributed by atoms with van der Waals surface area (Å²) < 4.78 is 11.1. The number of halogens is 1. The fraction of sp³-hybridized carbons (Fsp3) is 0.222. The van der Waals surface area contributed by atoms with E-state index in [0.29, 0.717) is 17.9 Å². The number of carbonyl (C=O) groups excluding carboxylic acids is 2. The van der Waals surface area contributed by atoms with Crippen LogP contribution in [0.1, 0.15) is 21.5 Å². The van der Waals surface area contributed by atoms with Crippen molar-refractivity contribution in [2.24, 2.45) is 0 Å². The van der Waals surface area contributed by atoms with Crippen molar-refractivity contribution >= 4 is 27.8 Å². The zero-order valence-corrected chi connectivity index (χ0v) is 15.1. The van der Waals surface area contributed by atoms with Crippen molar-refractivity contribution < 1.29 is 19.1 Å². The summed E-state index contributed by atoms with van der Waals surface area (Å²) in [6, 6.07) is 12.6. The van der Waals surface area contributed by atoms with E-state index in [4.69, 9.17) is 9.47 Å². The van der Waals surface area contributed by atoms with E-state index < -0.39 is 5.97 Å². The van der Waals surface area contributed by atoms with Crippen molar-refractivity contribution in [3.8, 4) is 5.75 Å². The summed E-state index contributed by atoms with van der Waals surface area (Å²) >= 11 is 3.41. The molecule has 0 radical (unpaired) electrons. The Hall–Kier alpha value is -2.34. The number of nitrogens with one attached hydrogen (secondary N) is 1. The zero-order chi connectivity index (χ0) is 17.5. The molecule has 1 amide bonds. The fourth-order valence-electron chi connectivity index (χ4n) is 2.09. The summed E-state index contributed by atoms with van der Waals surface area (Å²) in [5, 5.41) is 2.71. The Bertz CT molecular complexity index is 746. The van der Waals surface area contributed by atoms with Crippen LogP contribution in [0.25, 0.3) is 0 Å². The number of benzene rings is 2. The molecule has 0 unspecified atom stereocenters. The van der Waals surface area contributed by atoms with Crippen LogP contribution in [0, 0.1) is 6.92 Å². The first-order valence-corrected chi connectivity index (χ1v) is 8.12. The van der Waals surface area contributed by atoms with Crippen LogP contribution in [0.4, 0.5) is 0 Å². The minimum atomic E-state index is -0.536. The van der Waals surface area contributed by atoms with Crippen LogP contribution < -0.4 is 10.1 Å². The molecule has 0 atom stereocenters. The zero-order valence-electron chi connectivity index (χ0n) is 13.5. The Kier molecular flexibility index (Phi) is 6.37. The Morgan fingerprint density at radius 2 is 1.92 bits per heavy atom. The molecule has 0 aliphatic carbocycles. The first-order chi connectivity index (χ1) is 11.5. The van der Waals surface area contributed by atoms with Crippen LogP contribution >= 0.6 is 15.9 Å². The molecule has 0 bridgehead atoms. The van der Waals surface area contributed by atoms with E-state index in [1.165, 1.54) is 0 Å². The Morgan fingerprint density at radius 3 is 2.58 bits per heavy atom. The van der Waals surface area contributed by atoms with Crippen molar-refractivity contribution in [2.45, 2.75) is 13.5 Å². The normalized spacial score (nSPS) is 10.1. The largest absolute Gasteiger partial charge is 0.497 e. The lowest BCUT2D eigenvalue weighted by Crippen LogP contribution is -2.28. The van der Waals surface area contributed by atoms with Gasteiger partial charge in [-0.15, -0.1) is 0 Å². The van der Waals surface area contributed by atoms with Crippen LogP contribution in [-0.2, 0) is 16.1 Å². The molecule has 6 heteroatoms. The first-order valence-electron chi connectivity index (χ1n) is 7.33. The number of aryl methyl sites for hydroxylation is 1. The summed E-state index contributed by atoms with van der Waals surface area (Å²) in [4.78, 5) is 23.9. The van der Waals surface area contributed by atoms with Gasteiger partial charge in [-0.25, -0.2) is 4.79 Å². The smallest absolute Gasteiger partial charge is 0.338 e. The molecule has 1 N–H and O–H groups in total. The van der Waals surface area contributed by atoms with Crippen LogP contribution in [-0.4, -0.2) is 25.6 Å². The second-order valence-electron chi connectivity index (χ2n) is 5.13. The highest BCUT2D eigenvalue weighted by atomic mass is 79.9. The number of rotatable bonds is 6. The van der Waals surface area contributed by atoms with Crippen molar-refractivity contribution in [3.05, 3.63) is 63.6 Å². The van der Waals surface area contributed by atoms with Gasteiger partial charge in [-0.2, -0.15) is 0 Å². The van der Waals surface area contributed by atoms with Gasteiger partial charge in [-0.1, -0.05) is 34.1 Å². The topological polar surface area (TPSA) is 64.6 Å². The molecule has 0 saturated heterocycles. The highest BCUT2D eigenvalue weighted by Gasteiger charge is 2.13. The molecule has 24 heavy (non-hydrogen) atoms. The molecule has 2 aromatic rings. The molecule has 5 nitrogen and oxygen atoms in total. The number of methoxy groups -OCH3 is 1. The van der Waals surface area contributed by atoms with Crippen LogP contribution in [0.5, 0.6) is 5.75 Å². The van der Waals surface area contributed by atoms with Gasteiger partial charge in [0, 0.05) is 11.0 Å². The maximum absolute atomic E-state index is 12.0. The van der Waals surface area contributed by atoms with Gasteiger partial charge in [-0.3, -0.25) is 4.79 Å². The van der Waals surface area contributed by atoms with Gasteiger partial charge >= 0.3 is 5.97 Å². The molecular weight excluding hydrogens is 374 g/mol. The van der Waals surface area contributed by atoms with Gasteiger partial charge in [0.05, 0.1) is 12.7 Å². The summed E-state index contributed by atoms with van der Waals surface area (Å²) in [5.41, 5.74) is 2.09. The van der Waals surface area contributed by atoms with E-state index in [-0.39, 0.29) is 12.5 Å². The summed E-state index contributed by atoms with van der Waals surface area (Å²) in [5.74, 6) is -0.230. The van der Waals surface area contributed by atoms with Crippen LogP contribution in [0.3, 0.4) is 0 Å². The molecule has 0 fully saturated rings. The van der Waals surface area contributed by atoms with Gasteiger partial charge < -0.3 is 14.8 Å². The van der Waals surface area contributed by atoms with E-state index in [1.807, 2.05) is 24.3 Å². The quantitative estimate of drug-likeness (QED) is 0.767. The maximum Gasteiger partial charge on any atom is 0.338 e. The van der Waals surface area contributed by atoms with Gasteiger partial charge in [0.15, 0.2) is 6.61 Å². The van der Waals surface area contributed by atoms with Gasteiger partial charge in [0.2, 0.25) is 0 Å². The summed E-state index contributed by atoms with van der Waals surface area (Å²) in [7, 11) is 1.56. The maximum atomic E-state index is 12.0. The minimum Gasteiger partial charge on any atom is -0.497 e. The standard InChI is InChI=1S/C18H18BrNO4/c1-12-9-14(23-2)7-8-15(12)18(22)24-11-17(21)20-10-13-5-3-4-6-16(13)19/h3-9H,10-11H2,1-2H3,(H,20,21). The number of hydrogen-bond acceptors (Lipinski definition) is 4. The lowest BCUT2D eigenvalue weighted by Gasteiger charge is -2.09. The molecule has 0 saturated carbocycles. The minimum absolute atomic E-state index is 0.325. The highest BCUT2D eigenvalue weighted by molar-refractivity contribution is 9.10. The predicted octanol–water partition coefficient (Wildman–Crippen LogP) is 3.24. The molecule has 2 rings (SSSR count). The van der Waals surface area contributed by atoms with Crippen LogP contribution in [0.2, 0.25) is 0 Å². The number of esters is 1. The van der Waals surface area contributed by atoms with E-state index in [9.17, 15) is 9.59 Å².